The summed E-state index contributed by atoms with van der Waals surface area (Å²) in [6, 6.07) is 2.19. The number of aromatic nitrogens is 1. The lowest BCUT2D eigenvalue weighted by Crippen LogP contribution is -2.50. The van der Waals surface area contributed by atoms with Gasteiger partial charge < -0.3 is 20.4 Å². The molecule has 1 unspecified atom stereocenters. The van der Waals surface area contributed by atoms with Crippen LogP contribution < -0.4 is 10.6 Å². The minimum absolute atomic E-state index is 0.0600. The fourth-order valence-corrected chi connectivity index (χ4v) is 9.56. The maximum absolute atomic E-state index is 13.2. The molecule has 6 rings (SSSR count). The SMILES string of the molecule is Cc1c2c(cc3sc(NCC(=O)N4CCCC4)nc13)SC(NCC(=O)N1CCC3(CCN(CC(F)(F)F)CC3)CC1)=CCC2C. The first-order valence-electron chi connectivity index (χ1n) is 16.1. The number of likely N-dealkylation sites (tertiary alicyclic amines) is 3. The van der Waals surface area contributed by atoms with Gasteiger partial charge in [0.05, 0.1) is 34.9 Å². The highest BCUT2D eigenvalue weighted by atomic mass is 32.2. The first kappa shape index (κ1) is 32.4. The van der Waals surface area contributed by atoms with Crippen molar-refractivity contribution in [3.8, 4) is 0 Å². The Hall–Kier alpha value is -2.51. The van der Waals surface area contributed by atoms with Gasteiger partial charge in [0, 0.05) is 31.1 Å². The molecule has 13 heteroatoms. The molecule has 2 N–H and O–H groups in total. The molecule has 3 saturated heterocycles. The number of allylic oxidation sites excluding steroid dienone is 1. The standard InChI is InChI=1S/C32H43F3N6O2S2/c1-21-5-6-25(36-18-26(42)41-15-9-31(10-16-41)7-13-39(14-8-31)20-32(33,34)35)44-23-17-24-29(22(2)28(21)23)38-30(45-24)37-19-27(43)40-11-3-4-12-40/h6,17,21,36H,3-5,7-16,18-20H2,1-2H3,(H,37,38). The van der Waals surface area contributed by atoms with Crippen LogP contribution in [-0.4, -0.2) is 96.6 Å². The van der Waals surface area contributed by atoms with E-state index >= 15 is 0 Å². The van der Waals surface area contributed by atoms with Crippen molar-refractivity contribution in [2.24, 2.45) is 5.41 Å². The molecule has 2 amide bonds. The number of aryl methyl sites for hydroxylation is 1. The maximum Gasteiger partial charge on any atom is 0.401 e. The largest absolute Gasteiger partial charge is 0.401 e. The van der Waals surface area contributed by atoms with Crippen LogP contribution in [-0.2, 0) is 9.59 Å². The molecule has 4 aliphatic heterocycles. The molecule has 4 aliphatic rings. The Morgan fingerprint density at radius 2 is 1.60 bits per heavy atom. The van der Waals surface area contributed by atoms with Crippen molar-refractivity contribution in [1.82, 2.24) is 25.0 Å². The number of rotatable bonds is 7. The van der Waals surface area contributed by atoms with Gasteiger partial charge in [0.25, 0.3) is 0 Å². The third-order valence-electron chi connectivity index (χ3n) is 10.1. The number of benzene rings is 1. The number of piperidine rings is 2. The number of thioether (sulfide) groups is 1. The molecule has 1 atom stereocenters. The van der Waals surface area contributed by atoms with E-state index in [1.165, 1.54) is 10.5 Å². The van der Waals surface area contributed by atoms with Gasteiger partial charge in [-0.2, -0.15) is 13.2 Å². The van der Waals surface area contributed by atoms with Gasteiger partial charge in [-0.3, -0.25) is 14.5 Å². The maximum atomic E-state index is 13.2. The molecular weight excluding hydrogens is 622 g/mol. The number of amides is 2. The van der Waals surface area contributed by atoms with Crippen molar-refractivity contribution in [2.75, 3.05) is 64.2 Å². The van der Waals surface area contributed by atoms with E-state index in [0.717, 1.165) is 88.9 Å². The Morgan fingerprint density at radius 1 is 0.978 bits per heavy atom. The summed E-state index contributed by atoms with van der Waals surface area (Å²) in [5.41, 5.74) is 3.47. The predicted octanol–water partition coefficient (Wildman–Crippen LogP) is 5.94. The van der Waals surface area contributed by atoms with Crippen molar-refractivity contribution in [1.29, 1.82) is 0 Å². The van der Waals surface area contributed by atoms with Crippen molar-refractivity contribution in [3.63, 3.8) is 0 Å². The number of fused-ring (bicyclic) bond motifs is 2. The van der Waals surface area contributed by atoms with Gasteiger partial charge in [-0.15, -0.1) is 0 Å². The molecule has 1 spiro atoms. The van der Waals surface area contributed by atoms with Crippen LogP contribution in [0.4, 0.5) is 18.3 Å². The highest BCUT2D eigenvalue weighted by Gasteiger charge is 2.41. The summed E-state index contributed by atoms with van der Waals surface area (Å²) >= 11 is 3.22. The van der Waals surface area contributed by atoms with E-state index in [9.17, 15) is 22.8 Å². The second-order valence-corrected chi connectivity index (χ2v) is 15.3. The topological polar surface area (TPSA) is 80.8 Å². The van der Waals surface area contributed by atoms with Gasteiger partial charge in [0.2, 0.25) is 11.8 Å². The van der Waals surface area contributed by atoms with Gasteiger partial charge in [0.1, 0.15) is 0 Å². The number of hydrogen-bond acceptors (Lipinski definition) is 8. The van der Waals surface area contributed by atoms with Gasteiger partial charge in [-0.05, 0) is 93.5 Å². The van der Waals surface area contributed by atoms with E-state index in [0.29, 0.717) is 32.1 Å². The lowest BCUT2D eigenvalue weighted by atomic mass is 9.71. The number of anilines is 1. The molecule has 2 aromatic rings. The number of thiazole rings is 1. The van der Waals surface area contributed by atoms with Crippen LogP contribution in [0.2, 0.25) is 0 Å². The molecule has 0 bridgehead atoms. The quantitative estimate of drug-likeness (QED) is 0.380. The smallest absolute Gasteiger partial charge is 0.371 e. The van der Waals surface area contributed by atoms with E-state index in [1.807, 2.05) is 9.80 Å². The Balaban J connectivity index is 1.03. The highest BCUT2D eigenvalue weighted by Crippen LogP contribution is 2.45. The first-order valence-corrected chi connectivity index (χ1v) is 17.8. The van der Waals surface area contributed by atoms with Gasteiger partial charge >= 0.3 is 6.18 Å². The average molecular weight is 665 g/mol. The summed E-state index contributed by atoms with van der Waals surface area (Å²) in [7, 11) is 0. The van der Waals surface area contributed by atoms with Crippen LogP contribution in [0.3, 0.4) is 0 Å². The minimum Gasteiger partial charge on any atom is -0.371 e. The van der Waals surface area contributed by atoms with Crippen LogP contribution in [0.5, 0.6) is 0 Å². The van der Waals surface area contributed by atoms with Gasteiger partial charge in [-0.25, -0.2) is 4.98 Å². The number of nitrogens with zero attached hydrogens (tertiary/aromatic N) is 4. The molecule has 8 nitrogen and oxygen atoms in total. The van der Waals surface area contributed by atoms with E-state index in [4.69, 9.17) is 4.98 Å². The van der Waals surface area contributed by atoms with Crippen LogP contribution in [0, 0.1) is 12.3 Å². The van der Waals surface area contributed by atoms with Crippen LogP contribution in [0.25, 0.3) is 10.2 Å². The predicted molar refractivity (Wildman–Crippen MR) is 174 cm³/mol. The molecule has 5 heterocycles. The molecule has 0 radical (unpaired) electrons. The van der Waals surface area contributed by atoms with Crippen molar-refractivity contribution in [2.45, 2.75) is 75.8 Å². The number of alkyl halides is 3. The van der Waals surface area contributed by atoms with Gasteiger partial charge in [-0.1, -0.05) is 36.1 Å². The Bertz CT molecular complexity index is 1440. The van der Waals surface area contributed by atoms with Crippen LogP contribution >= 0.6 is 23.1 Å². The number of hydrogen-bond donors (Lipinski definition) is 2. The second-order valence-electron chi connectivity index (χ2n) is 13.2. The highest BCUT2D eigenvalue weighted by molar-refractivity contribution is 8.03. The second kappa shape index (κ2) is 13.3. The van der Waals surface area contributed by atoms with Crippen molar-refractivity contribution >= 4 is 50.3 Å². The van der Waals surface area contributed by atoms with Crippen molar-refractivity contribution < 1.29 is 22.8 Å². The molecule has 1 aromatic heterocycles. The fraction of sp³-hybridized carbons (Fsp3) is 0.656. The lowest BCUT2D eigenvalue weighted by molar-refractivity contribution is -0.152. The van der Waals surface area contributed by atoms with Crippen LogP contribution in [0.15, 0.2) is 22.1 Å². The number of nitrogens with one attached hydrogen (secondary N) is 2. The molecule has 246 valence electrons. The fourth-order valence-electron chi connectivity index (χ4n) is 7.32. The summed E-state index contributed by atoms with van der Waals surface area (Å²) in [4.78, 5) is 37.1. The summed E-state index contributed by atoms with van der Waals surface area (Å²) in [6.07, 6.45) is 4.27. The zero-order chi connectivity index (χ0) is 31.8. The summed E-state index contributed by atoms with van der Waals surface area (Å²) < 4.78 is 39.5. The monoisotopic (exact) mass is 664 g/mol. The molecule has 0 aliphatic carbocycles. The number of carbonyl (C=O) groups excluding carboxylic acids is 2. The zero-order valence-corrected chi connectivity index (χ0v) is 27.7. The Labute approximate surface area is 271 Å². The number of carbonyl (C=O) groups is 2. The van der Waals surface area contributed by atoms with E-state index < -0.39 is 12.7 Å². The lowest BCUT2D eigenvalue weighted by Gasteiger charge is -2.47. The van der Waals surface area contributed by atoms with Crippen LogP contribution in [0.1, 0.15) is 68.9 Å². The molecular formula is C32H43F3N6O2S2. The molecule has 3 fully saturated rings. The van der Waals surface area contributed by atoms with Crippen molar-refractivity contribution in [3.05, 3.63) is 28.3 Å². The normalized spacial score (nSPS) is 22.3. The zero-order valence-electron chi connectivity index (χ0n) is 26.1. The summed E-state index contributed by atoms with van der Waals surface area (Å²) in [5, 5.41) is 8.39. The molecule has 45 heavy (non-hydrogen) atoms. The van der Waals surface area contributed by atoms with Gasteiger partial charge in [0.15, 0.2) is 5.13 Å². The third kappa shape index (κ3) is 7.56. The molecule has 1 aromatic carbocycles. The molecule has 0 saturated carbocycles. The number of halogens is 3. The Kier molecular flexibility index (Phi) is 9.59. The van der Waals surface area contributed by atoms with E-state index in [2.05, 4.69) is 36.6 Å². The summed E-state index contributed by atoms with van der Waals surface area (Å²) in [6.45, 7) is 7.95. The van der Waals surface area contributed by atoms with E-state index in [1.54, 1.807) is 23.1 Å². The third-order valence-corrected chi connectivity index (χ3v) is 12.1. The minimum atomic E-state index is -4.15. The Morgan fingerprint density at radius 3 is 2.27 bits per heavy atom. The average Bonchev–Trinajstić information content (AvgIpc) is 3.66. The summed E-state index contributed by atoms with van der Waals surface area (Å²) in [5.74, 6) is 0.474. The first-order chi connectivity index (χ1) is 21.5. The van der Waals surface area contributed by atoms with E-state index in [-0.39, 0.29) is 30.3 Å².